The van der Waals surface area contributed by atoms with Gasteiger partial charge >= 0.3 is 0 Å². The lowest BCUT2D eigenvalue weighted by Gasteiger charge is -2.40. The van der Waals surface area contributed by atoms with Crippen LogP contribution >= 0.6 is 0 Å². The number of nitrogens with one attached hydrogen (secondary N) is 1. The highest BCUT2D eigenvalue weighted by Gasteiger charge is 2.42. The molecule has 0 aromatic heterocycles. The predicted octanol–water partition coefficient (Wildman–Crippen LogP) is 1.28. The number of unbranched alkanes of at least 4 members (excludes halogenated alkanes) is 5. The number of primary amides is 2. The molecule has 236 valence electrons. The lowest BCUT2D eigenvalue weighted by molar-refractivity contribution is -0.143. The Hall–Kier alpha value is -3.96. The van der Waals surface area contributed by atoms with Gasteiger partial charge in [0.25, 0.3) is 11.8 Å². The van der Waals surface area contributed by atoms with Crippen molar-refractivity contribution in [2.75, 3.05) is 39.3 Å². The SMILES string of the molecule is CCCCCCCC(=O)N1CCN(C(=O)c2ccc(C(=O)N3C[C@@H](C(N)=O)[C@H](C(N)=O)C3)cc2)CC1C(=O)NCCCC. The molecule has 2 aliphatic heterocycles. The molecule has 12 heteroatoms. The van der Waals surface area contributed by atoms with Gasteiger partial charge in [0.2, 0.25) is 23.6 Å². The van der Waals surface area contributed by atoms with E-state index < -0.39 is 35.6 Å². The maximum absolute atomic E-state index is 13.4. The molecule has 1 aromatic carbocycles. The number of hydrogen-bond acceptors (Lipinski definition) is 6. The fourth-order valence-corrected chi connectivity index (χ4v) is 5.69. The molecule has 0 saturated carbocycles. The van der Waals surface area contributed by atoms with Gasteiger partial charge in [0.1, 0.15) is 6.04 Å². The Morgan fingerprint density at radius 1 is 0.721 bits per heavy atom. The fourth-order valence-electron chi connectivity index (χ4n) is 5.69. The van der Waals surface area contributed by atoms with Gasteiger partial charge in [0.15, 0.2) is 0 Å². The molecule has 2 fully saturated rings. The molecule has 1 unspecified atom stereocenters. The summed E-state index contributed by atoms with van der Waals surface area (Å²) < 4.78 is 0. The summed E-state index contributed by atoms with van der Waals surface area (Å²) in [7, 11) is 0. The number of carbonyl (C=O) groups is 6. The monoisotopic (exact) mass is 598 g/mol. The van der Waals surface area contributed by atoms with E-state index in [0.29, 0.717) is 18.5 Å². The Balaban J connectivity index is 1.66. The van der Waals surface area contributed by atoms with Crippen molar-refractivity contribution in [3.8, 4) is 0 Å². The highest BCUT2D eigenvalue weighted by atomic mass is 16.2. The van der Waals surface area contributed by atoms with Crippen LogP contribution in [-0.4, -0.2) is 95.5 Å². The summed E-state index contributed by atoms with van der Waals surface area (Å²) in [6.45, 7) is 5.29. The minimum absolute atomic E-state index is 0.00803. The first-order valence-corrected chi connectivity index (χ1v) is 15.4. The molecule has 3 rings (SSSR count). The van der Waals surface area contributed by atoms with E-state index in [1.165, 1.54) is 29.2 Å². The maximum atomic E-state index is 13.4. The van der Waals surface area contributed by atoms with Crippen LogP contribution < -0.4 is 16.8 Å². The van der Waals surface area contributed by atoms with Crippen molar-refractivity contribution in [3.05, 3.63) is 35.4 Å². The third-order valence-corrected chi connectivity index (χ3v) is 8.33. The lowest BCUT2D eigenvalue weighted by Crippen LogP contribution is -2.61. The number of amides is 6. The van der Waals surface area contributed by atoms with Crippen molar-refractivity contribution in [3.63, 3.8) is 0 Å². The second kappa shape index (κ2) is 16.0. The number of piperazine rings is 1. The average Bonchev–Trinajstić information content (AvgIpc) is 3.47. The number of nitrogens with zero attached hydrogens (tertiary/aromatic N) is 3. The molecule has 6 amide bonds. The first-order valence-electron chi connectivity index (χ1n) is 15.4. The number of nitrogens with two attached hydrogens (primary N) is 2. The normalized spacial score (nSPS) is 20.1. The Kier molecular flexibility index (Phi) is 12.5. The molecule has 5 N–H and O–H groups in total. The van der Waals surface area contributed by atoms with Gasteiger partial charge in [-0.3, -0.25) is 28.8 Å². The van der Waals surface area contributed by atoms with Gasteiger partial charge in [-0.15, -0.1) is 0 Å². The first kappa shape index (κ1) is 33.5. The van der Waals surface area contributed by atoms with Gasteiger partial charge < -0.3 is 31.5 Å². The van der Waals surface area contributed by atoms with Crippen LogP contribution in [0.1, 0.15) is 85.9 Å². The first-order chi connectivity index (χ1) is 20.6. The zero-order valence-electron chi connectivity index (χ0n) is 25.4. The van der Waals surface area contributed by atoms with E-state index in [9.17, 15) is 28.8 Å². The molecule has 2 aliphatic rings. The van der Waals surface area contributed by atoms with Crippen LogP contribution in [0.5, 0.6) is 0 Å². The summed E-state index contributed by atoms with van der Waals surface area (Å²) >= 11 is 0. The second-order valence-corrected chi connectivity index (χ2v) is 11.5. The molecular weight excluding hydrogens is 552 g/mol. The van der Waals surface area contributed by atoms with Crippen LogP contribution in [0.25, 0.3) is 0 Å². The molecule has 0 bridgehead atoms. The summed E-state index contributed by atoms with van der Waals surface area (Å²) in [4.78, 5) is 80.8. The van der Waals surface area contributed by atoms with E-state index in [1.54, 1.807) is 9.80 Å². The zero-order valence-corrected chi connectivity index (χ0v) is 25.4. The molecule has 1 aromatic rings. The minimum Gasteiger partial charge on any atom is -0.369 e. The predicted molar refractivity (Wildman–Crippen MR) is 160 cm³/mol. The summed E-state index contributed by atoms with van der Waals surface area (Å²) in [6.07, 6.45) is 7.20. The third-order valence-electron chi connectivity index (χ3n) is 8.33. The topological polar surface area (TPSA) is 176 Å². The van der Waals surface area contributed by atoms with E-state index in [0.717, 1.165) is 44.9 Å². The van der Waals surface area contributed by atoms with Crippen molar-refractivity contribution in [1.82, 2.24) is 20.0 Å². The molecule has 0 radical (unpaired) electrons. The summed E-state index contributed by atoms with van der Waals surface area (Å²) in [5, 5.41) is 2.92. The van der Waals surface area contributed by atoms with Crippen molar-refractivity contribution in [2.24, 2.45) is 23.3 Å². The molecule has 12 nitrogen and oxygen atoms in total. The number of hydrogen-bond donors (Lipinski definition) is 3. The van der Waals surface area contributed by atoms with Crippen LogP contribution in [0.3, 0.4) is 0 Å². The minimum atomic E-state index is -0.846. The summed E-state index contributed by atoms with van der Waals surface area (Å²) in [6, 6.07) is 5.32. The summed E-state index contributed by atoms with van der Waals surface area (Å²) in [5.41, 5.74) is 11.4. The van der Waals surface area contributed by atoms with Gasteiger partial charge in [-0.1, -0.05) is 46.0 Å². The van der Waals surface area contributed by atoms with Gasteiger partial charge in [0.05, 0.1) is 18.4 Å². The van der Waals surface area contributed by atoms with Crippen molar-refractivity contribution < 1.29 is 28.8 Å². The number of benzene rings is 1. The summed E-state index contributed by atoms with van der Waals surface area (Å²) in [5.74, 6) is -4.11. The molecule has 43 heavy (non-hydrogen) atoms. The van der Waals surface area contributed by atoms with Crippen LogP contribution in [0.2, 0.25) is 0 Å². The molecule has 3 atom stereocenters. The lowest BCUT2D eigenvalue weighted by atomic mass is 9.95. The Labute approximate surface area is 253 Å². The molecule has 2 heterocycles. The van der Waals surface area contributed by atoms with E-state index in [2.05, 4.69) is 12.2 Å². The Morgan fingerprint density at radius 2 is 1.26 bits per heavy atom. The average molecular weight is 599 g/mol. The fraction of sp³-hybridized carbons (Fsp3) is 0.613. The Morgan fingerprint density at radius 3 is 1.79 bits per heavy atom. The van der Waals surface area contributed by atoms with Gasteiger partial charge in [0, 0.05) is 50.3 Å². The molecule has 0 spiro atoms. The second-order valence-electron chi connectivity index (χ2n) is 11.5. The van der Waals surface area contributed by atoms with Crippen LogP contribution in [0.4, 0.5) is 0 Å². The number of carbonyl (C=O) groups excluding carboxylic acids is 6. The van der Waals surface area contributed by atoms with Crippen LogP contribution in [0, 0.1) is 11.8 Å². The molecule has 2 saturated heterocycles. The smallest absolute Gasteiger partial charge is 0.253 e. The molecule has 0 aliphatic carbocycles. The van der Waals surface area contributed by atoms with Gasteiger partial charge in [-0.2, -0.15) is 0 Å². The van der Waals surface area contributed by atoms with Crippen molar-refractivity contribution >= 4 is 35.4 Å². The Bertz CT molecular complexity index is 1150. The highest BCUT2D eigenvalue weighted by Crippen LogP contribution is 2.25. The maximum Gasteiger partial charge on any atom is 0.253 e. The number of rotatable bonds is 14. The van der Waals surface area contributed by atoms with Crippen LogP contribution in [0.15, 0.2) is 24.3 Å². The number of likely N-dealkylation sites (tertiary alicyclic amines) is 1. The largest absolute Gasteiger partial charge is 0.369 e. The van der Waals surface area contributed by atoms with E-state index in [1.807, 2.05) is 6.92 Å². The standard InChI is InChI=1S/C31H46N6O6/c1-3-5-7-8-9-10-26(38)37-17-16-35(20-25(37)29(41)34-15-6-4-2)30(42)21-11-13-22(14-12-21)31(43)36-18-23(27(32)39)24(19-36)28(33)40/h11-14,23-25H,3-10,15-20H2,1-2H3,(H2,32,39)(H2,33,40)(H,34,41)/t23-,24-,25?/m1/s1. The van der Waals surface area contributed by atoms with Crippen LogP contribution in [-0.2, 0) is 19.2 Å². The van der Waals surface area contributed by atoms with E-state index in [4.69, 9.17) is 11.5 Å². The van der Waals surface area contributed by atoms with Crippen molar-refractivity contribution in [1.29, 1.82) is 0 Å². The molecular formula is C31H46N6O6. The van der Waals surface area contributed by atoms with E-state index in [-0.39, 0.29) is 56.0 Å². The van der Waals surface area contributed by atoms with Gasteiger partial charge in [-0.05, 0) is 37.1 Å². The highest BCUT2D eigenvalue weighted by molar-refractivity contribution is 5.99. The van der Waals surface area contributed by atoms with E-state index >= 15 is 0 Å². The van der Waals surface area contributed by atoms with Crippen molar-refractivity contribution in [2.45, 2.75) is 71.3 Å². The zero-order chi connectivity index (χ0) is 31.5. The van der Waals surface area contributed by atoms with Gasteiger partial charge in [-0.25, -0.2) is 0 Å². The quantitative estimate of drug-likeness (QED) is 0.272. The third kappa shape index (κ3) is 8.77.